The van der Waals surface area contributed by atoms with Crippen molar-refractivity contribution < 1.29 is 9.32 Å². The van der Waals surface area contributed by atoms with E-state index in [0.29, 0.717) is 29.6 Å². The van der Waals surface area contributed by atoms with E-state index in [1.807, 2.05) is 38.1 Å². The number of hydrogen-bond acceptors (Lipinski definition) is 6. The minimum atomic E-state index is -0.0698. The van der Waals surface area contributed by atoms with Crippen molar-refractivity contribution in [3.63, 3.8) is 0 Å². The topological polar surface area (TPSA) is 80.0 Å². The smallest absolute Gasteiger partial charge is 0.252 e. The SMILES string of the molecule is CCN[C@H](C)CNC(=O)c1ccccc1SCc1nc(C)no1.Cl. The number of nitrogens with zero attached hydrogens (tertiary/aromatic N) is 2. The second-order valence-electron chi connectivity index (χ2n) is 5.19. The molecular formula is C16H23ClN4O2S. The largest absolute Gasteiger partial charge is 0.350 e. The van der Waals surface area contributed by atoms with Crippen LogP contribution in [-0.2, 0) is 5.75 Å². The van der Waals surface area contributed by atoms with Gasteiger partial charge in [-0.25, -0.2) is 0 Å². The van der Waals surface area contributed by atoms with E-state index in [9.17, 15) is 4.79 Å². The van der Waals surface area contributed by atoms with Gasteiger partial charge in [0.05, 0.1) is 11.3 Å². The monoisotopic (exact) mass is 370 g/mol. The van der Waals surface area contributed by atoms with Gasteiger partial charge in [0.1, 0.15) is 0 Å². The molecule has 0 spiro atoms. The van der Waals surface area contributed by atoms with E-state index in [4.69, 9.17) is 4.52 Å². The number of benzene rings is 1. The van der Waals surface area contributed by atoms with Crippen molar-refractivity contribution in [2.24, 2.45) is 0 Å². The second-order valence-corrected chi connectivity index (χ2v) is 6.21. The first-order valence-corrected chi connectivity index (χ1v) is 8.61. The predicted octanol–water partition coefficient (Wildman–Crippen LogP) is 2.82. The summed E-state index contributed by atoms with van der Waals surface area (Å²) >= 11 is 1.51. The Kier molecular flexibility index (Phi) is 8.81. The zero-order chi connectivity index (χ0) is 16.7. The Morgan fingerprint density at radius 2 is 2.12 bits per heavy atom. The van der Waals surface area contributed by atoms with Crippen LogP contribution in [0.1, 0.15) is 35.9 Å². The summed E-state index contributed by atoms with van der Waals surface area (Å²) in [6.45, 7) is 7.35. The van der Waals surface area contributed by atoms with E-state index < -0.39 is 0 Å². The van der Waals surface area contributed by atoms with Gasteiger partial charge < -0.3 is 15.2 Å². The van der Waals surface area contributed by atoms with E-state index in [2.05, 4.69) is 20.8 Å². The molecule has 1 amide bonds. The van der Waals surface area contributed by atoms with Crippen LogP contribution >= 0.6 is 24.2 Å². The minimum absolute atomic E-state index is 0. The lowest BCUT2D eigenvalue weighted by Gasteiger charge is -2.14. The van der Waals surface area contributed by atoms with Gasteiger partial charge >= 0.3 is 0 Å². The third-order valence-electron chi connectivity index (χ3n) is 3.17. The number of hydrogen-bond donors (Lipinski definition) is 2. The van der Waals surface area contributed by atoms with Gasteiger partial charge in [-0.05, 0) is 32.5 Å². The Bertz CT molecular complexity index is 651. The van der Waals surface area contributed by atoms with Gasteiger partial charge in [-0.1, -0.05) is 24.2 Å². The molecule has 132 valence electrons. The third-order valence-corrected chi connectivity index (χ3v) is 4.23. The molecule has 1 atom stereocenters. The average molecular weight is 371 g/mol. The lowest BCUT2D eigenvalue weighted by atomic mass is 10.2. The molecule has 0 aliphatic rings. The fourth-order valence-electron chi connectivity index (χ4n) is 2.08. The van der Waals surface area contributed by atoms with Crippen molar-refractivity contribution in [3.05, 3.63) is 41.5 Å². The van der Waals surface area contributed by atoms with Crippen molar-refractivity contribution in [1.29, 1.82) is 0 Å². The lowest BCUT2D eigenvalue weighted by molar-refractivity contribution is 0.0947. The molecule has 0 fully saturated rings. The van der Waals surface area contributed by atoms with Crippen molar-refractivity contribution in [1.82, 2.24) is 20.8 Å². The lowest BCUT2D eigenvalue weighted by Crippen LogP contribution is -2.38. The molecule has 8 heteroatoms. The predicted molar refractivity (Wildman–Crippen MR) is 97.8 cm³/mol. The fraction of sp³-hybridized carbons (Fsp3) is 0.438. The number of nitrogens with one attached hydrogen (secondary N) is 2. The Hall–Kier alpha value is -1.57. The molecule has 1 aromatic heterocycles. The Labute approximate surface area is 152 Å². The van der Waals surface area contributed by atoms with Crippen LogP contribution < -0.4 is 10.6 Å². The van der Waals surface area contributed by atoms with Crippen LogP contribution in [0.3, 0.4) is 0 Å². The Morgan fingerprint density at radius 3 is 2.79 bits per heavy atom. The summed E-state index contributed by atoms with van der Waals surface area (Å²) in [6.07, 6.45) is 0. The zero-order valence-corrected chi connectivity index (χ0v) is 15.7. The summed E-state index contributed by atoms with van der Waals surface area (Å²) in [6, 6.07) is 7.78. The van der Waals surface area contributed by atoms with Gasteiger partial charge in [0.25, 0.3) is 5.91 Å². The highest BCUT2D eigenvalue weighted by Crippen LogP contribution is 2.25. The molecule has 0 aliphatic carbocycles. The van der Waals surface area contributed by atoms with Crippen molar-refractivity contribution in [3.8, 4) is 0 Å². The molecule has 2 rings (SSSR count). The number of aromatic nitrogens is 2. The van der Waals surface area contributed by atoms with Gasteiger partial charge in [0, 0.05) is 17.5 Å². The molecular weight excluding hydrogens is 348 g/mol. The highest BCUT2D eigenvalue weighted by molar-refractivity contribution is 7.98. The van der Waals surface area contributed by atoms with E-state index in [1.54, 1.807) is 6.92 Å². The normalized spacial score (nSPS) is 11.6. The van der Waals surface area contributed by atoms with Crippen molar-refractivity contribution >= 4 is 30.1 Å². The first-order chi connectivity index (χ1) is 11.1. The van der Waals surface area contributed by atoms with E-state index in [1.165, 1.54) is 11.8 Å². The number of halogens is 1. The van der Waals surface area contributed by atoms with E-state index in [0.717, 1.165) is 11.4 Å². The first kappa shape index (κ1) is 20.5. The molecule has 1 heterocycles. The number of carbonyl (C=O) groups is 1. The Balaban J connectivity index is 0.00000288. The van der Waals surface area contributed by atoms with Crippen LogP contribution in [0.15, 0.2) is 33.7 Å². The van der Waals surface area contributed by atoms with Gasteiger partial charge in [-0.15, -0.1) is 24.2 Å². The maximum absolute atomic E-state index is 12.4. The van der Waals surface area contributed by atoms with Crippen LogP contribution in [0.5, 0.6) is 0 Å². The van der Waals surface area contributed by atoms with Crippen LogP contribution in [0.2, 0.25) is 0 Å². The number of carbonyl (C=O) groups excluding carboxylic acids is 1. The number of rotatable bonds is 8. The average Bonchev–Trinajstić information content (AvgIpc) is 2.97. The summed E-state index contributed by atoms with van der Waals surface area (Å²) in [5, 5.41) is 10.00. The molecule has 0 unspecified atom stereocenters. The molecule has 0 saturated carbocycles. The summed E-state index contributed by atoms with van der Waals surface area (Å²) < 4.78 is 5.10. The fourth-order valence-corrected chi connectivity index (χ4v) is 2.97. The molecule has 0 bridgehead atoms. The third kappa shape index (κ3) is 6.14. The molecule has 6 nitrogen and oxygen atoms in total. The summed E-state index contributed by atoms with van der Waals surface area (Å²) in [7, 11) is 0. The zero-order valence-electron chi connectivity index (χ0n) is 14.0. The Morgan fingerprint density at radius 1 is 1.38 bits per heavy atom. The van der Waals surface area contributed by atoms with Crippen molar-refractivity contribution in [2.45, 2.75) is 37.5 Å². The van der Waals surface area contributed by atoms with Crippen LogP contribution in [0.4, 0.5) is 0 Å². The van der Waals surface area contributed by atoms with E-state index in [-0.39, 0.29) is 24.4 Å². The van der Waals surface area contributed by atoms with Gasteiger partial charge in [-0.2, -0.15) is 4.98 Å². The molecule has 0 radical (unpaired) electrons. The van der Waals surface area contributed by atoms with Crippen LogP contribution in [0.25, 0.3) is 0 Å². The summed E-state index contributed by atoms with van der Waals surface area (Å²) in [5.41, 5.74) is 0.664. The minimum Gasteiger partial charge on any atom is -0.350 e. The number of amides is 1. The molecule has 0 aliphatic heterocycles. The standard InChI is InChI=1S/C16H22N4O2S.ClH/c1-4-17-11(2)9-18-16(21)13-7-5-6-8-14(13)23-10-15-19-12(3)20-22-15;/h5-8,11,17H,4,9-10H2,1-3H3,(H,18,21);1H/t11-;/m1./s1. The second kappa shape index (κ2) is 10.3. The van der Waals surface area contributed by atoms with E-state index >= 15 is 0 Å². The highest BCUT2D eigenvalue weighted by atomic mass is 35.5. The molecule has 24 heavy (non-hydrogen) atoms. The maximum Gasteiger partial charge on any atom is 0.252 e. The molecule has 2 N–H and O–H groups in total. The number of thioether (sulfide) groups is 1. The summed E-state index contributed by atoms with van der Waals surface area (Å²) in [4.78, 5) is 17.5. The quantitative estimate of drug-likeness (QED) is 0.695. The molecule has 1 aromatic carbocycles. The van der Waals surface area contributed by atoms with Crippen molar-refractivity contribution in [2.75, 3.05) is 13.1 Å². The maximum atomic E-state index is 12.4. The number of likely N-dealkylation sites (N-methyl/N-ethyl adjacent to an activating group) is 1. The summed E-state index contributed by atoms with van der Waals surface area (Å²) in [5.74, 6) is 1.64. The molecule has 0 saturated heterocycles. The van der Waals surface area contributed by atoms with Gasteiger partial charge in [0.2, 0.25) is 5.89 Å². The first-order valence-electron chi connectivity index (χ1n) is 7.62. The van der Waals surface area contributed by atoms with Crippen LogP contribution in [-0.4, -0.2) is 35.2 Å². The number of aryl methyl sites for hydroxylation is 1. The molecule has 2 aromatic rings. The van der Waals surface area contributed by atoms with Crippen LogP contribution in [0, 0.1) is 6.92 Å². The highest BCUT2D eigenvalue weighted by Gasteiger charge is 2.13. The van der Waals surface area contributed by atoms with Gasteiger partial charge in [0.15, 0.2) is 5.82 Å². The van der Waals surface area contributed by atoms with Gasteiger partial charge in [-0.3, -0.25) is 4.79 Å².